The standard InChI is InChI=1S/C20H15Cl2NO/c21-18-9-5-4-6-16(18)14-24-20-11-10-15(12-19(20)22)13-23-17-7-2-1-3-8-17/h1-13H,14H2. The van der Waals surface area contributed by atoms with E-state index >= 15 is 0 Å². The van der Waals surface area contributed by atoms with Gasteiger partial charge < -0.3 is 4.74 Å². The number of halogens is 2. The minimum atomic E-state index is 0.372. The van der Waals surface area contributed by atoms with Crippen molar-refractivity contribution < 1.29 is 4.74 Å². The number of para-hydroxylation sites is 1. The van der Waals surface area contributed by atoms with Crippen LogP contribution < -0.4 is 4.74 Å². The lowest BCUT2D eigenvalue weighted by atomic mass is 10.2. The van der Waals surface area contributed by atoms with E-state index in [9.17, 15) is 0 Å². The van der Waals surface area contributed by atoms with E-state index in [1.807, 2.05) is 72.8 Å². The summed E-state index contributed by atoms with van der Waals surface area (Å²) >= 11 is 12.4. The van der Waals surface area contributed by atoms with Gasteiger partial charge >= 0.3 is 0 Å². The van der Waals surface area contributed by atoms with E-state index in [0.717, 1.165) is 16.8 Å². The van der Waals surface area contributed by atoms with E-state index in [2.05, 4.69) is 4.99 Å². The summed E-state index contributed by atoms with van der Waals surface area (Å²) in [6.07, 6.45) is 1.78. The van der Waals surface area contributed by atoms with Crippen LogP contribution in [0.15, 0.2) is 77.8 Å². The average Bonchev–Trinajstić information content (AvgIpc) is 2.61. The van der Waals surface area contributed by atoms with Crippen molar-refractivity contribution in [3.05, 3.63) is 94.0 Å². The zero-order valence-corrected chi connectivity index (χ0v) is 14.3. The topological polar surface area (TPSA) is 21.6 Å². The predicted octanol–water partition coefficient (Wildman–Crippen LogP) is 6.32. The number of nitrogens with zero attached hydrogens (tertiary/aromatic N) is 1. The number of hydrogen-bond acceptors (Lipinski definition) is 2. The van der Waals surface area contributed by atoms with Crippen molar-refractivity contribution in [3.8, 4) is 5.75 Å². The maximum atomic E-state index is 6.30. The van der Waals surface area contributed by atoms with Gasteiger partial charge in [-0.2, -0.15) is 0 Å². The van der Waals surface area contributed by atoms with Crippen LogP contribution in [0.5, 0.6) is 5.75 Å². The van der Waals surface area contributed by atoms with Crippen LogP contribution in [0.25, 0.3) is 0 Å². The third-order valence-corrected chi connectivity index (χ3v) is 4.08. The van der Waals surface area contributed by atoms with Crippen molar-refractivity contribution in [1.82, 2.24) is 0 Å². The molecule has 24 heavy (non-hydrogen) atoms. The number of aliphatic imine (C=N–C) groups is 1. The van der Waals surface area contributed by atoms with Crippen LogP contribution >= 0.6 is 23.2 Å². The molecule has 0 saturated carbocycles. The molecule has 0 spiro atoms. The molecule has 4 heteroatoms. The molecular weight excluding hydrogens is 341 g/mol. The number of benzene rings is 3. The third kappa shape index (κ3) is 4.38. The highest BCUT2D eigenvalue weighted by Gasteiger charge is 2.05. The number of hydrogen-bond donors (Lipinski definition) is 0. The first-order chi connectivity index (χ1) is 11.7. The van der Waals surface area contributed by atoms with Crippen LogP contribution in [0.4, 0.5) is 5.69 Å². The van der Waals surface area contributed by atoms with E-state index < -0.39 is 0 Å². The van der Waals surface area contributed by atoms with Crippen LogP contribution in [0, 0.1) is 0 Å². The Morgan fingerprint density at radius 1 is 0.833 bits per heavy atom. The minimum Gasteiger partial charge on any atom is -0.487 e. The predicted molar refractivity (Wildman–Crippen MR) is 101 cm³/mol. The summed E-state index contributed by atoms with van der Waals surface area (Å²) in [6.45, 7) is 0.372. The molecule has 0 radical (unpaired) electrons. The number of ether oxygens (including phenoxy) is 1. The Morgan fingerprint density at radius 2 is 1.58 bits per heavy atom. The largest absolute Gasteiger partial charge is 0.487 e. The molecule has 0 bridgehead atoms. The van der Waals surface area contributed by atoms with Gasteiger partial charge in [0.1, 0.15) is 12.4 Å². The van der Waals surface area contributed by atoms with Gasteiger partial charge in [0.25, 0.3) is 0 Å². The first-order valence-electron chi connectivity index (χ1n) is 7.47. The SMILES string of the molecule is Clc1ccccc1COc1ccc(C=Nc2ccccc2)cc1Cl. The lowest BCUT2D eigenvalue weighted by Crippen LogP contribution is -1.97. The monoisotopic (exact) mass is 355 g/mol. The van der Waals surface area contributed by atoms with Gasteiger partial charge in [-0.25, -0.2) is 0 Å². The molecule has 0 saturated heterocycles. The van der Waals surface area contributed by atoms with Crippen LogP contribution in [0.1, 0.15) is 11.1 Å². The minimum absolute atomic E-state index is 0.372. The molecule has 0 unspecified atom stereocenters. The molecule has 0 aliphatic rings. The smallest absolute Gasteiger partial charge is 0.138 e. The van der Waals surface area contributed by atoms with E-state index in [4.69, 9.17) is 27.9 Å². The van der Waals surface area contributed by atoms with Gasteiger partial charge in [-0.15, -0.1) is 0 Å². The fourth-order valence-electron chi connectivity index (χ4n) is 2.15. The van der Waals surface area contributed by atoms with Gasteiger partial charge in [-0.3, -0.25) is 4.99 Å². The molecule has 3 aromatic carbocycles. The maximum Gasteiger partial charge on any atom is 0.138 e. The second-order valence-electron chi connectivity index (χ2n) is 5.16. The maximum absolute atomic E-state index is 6.30. The summed E-state index contributed by atoms with van der Waals surface area (Å²) in [4.78, 5) is 4.41. The molecule has 0 amide bonds. The van der Waals surface area contributed by atoms with E-state index in [1.165, 1.54) is 0 Å². The summed E-state index contributed by atoms with van der Waals surface area (Å²) in [5, 5.41) is 1.22. The first kappa shape index (κ1) is 16.6. The van der Waals surface area contributed by atoms with Crippen molar-refractivity contribution in [2.45, 2.75) is 6.61 Å². The molecule has 2 nitrogen and oxygen atoms in total. The van der Waals surface area contributed by atoms with Gasteiger partial charge in [0.05, 0.1) is 10.7 Å². The Labute approximate surface area is 151 Å². The molecule has 0 N–H and O–H groups in total. The van der Waals surface area contributed by atoms with Crippen LogP contribution in [-0.4, -0.2) is 6.21 Å². The molecule has 0 atom stereocenters. The average molecular weight is 356 g/mol. The number of rotatable bonds is 5. The Morgan fingerprint density at radius 3 is 2.33 bits per heavy atom. The Hall–Kier alpha value is -2.29. The second-order valence-corrected chi connectivity index (χ2v) is 5.98. The highest BCUT2D eigenvalue weighted by Crippen LogP contribution is 2.27. The van der Waals surface area contributed by atoms with Crippen molar-refractivity contribution in [1.29, 1.82) is 0 Å². The molecule has 0 aliphatic heterocycles. The quantitative estimate of drug-likeness (QED) is 0.490. The highest BCUT2D eigenvalue weighted by molar-refractivity contribution is 6.32. The van der Waals surface area contributed by atoms with Crippen molar-refractivity contribution in [2.75, 3.05) is 0 Å². The van der Waals surface area contributed by atoms with E-state index in [0.29, 0.717) is 22.4 Å². The van der Waals surface area contributed by atoms with Crippen molar-refractivity contribution in [2.24, 2.45) is 4.99 Å². The molecular formula is C20H15Cl2NO. The van der Waals surface area contributed by atoms with Crippen LogP contribution in [0.3, 0.4) is 0 Å². The molecule has 3 rings (SSSR count). The third-order valence-electron chi connectivity index (χ3n) is 3.42. The molecule has 3 aromatic rings. The molecule has 0 aromatic heterocycles. The molecule has 0 aliphatic carbocycles. The van der Waals surface area contributed by atoms with Gasteiger partial charge in [0, 0.05) is 16.8 Å². The highest BCUT2D eigenvalue weighted by atomic mass is 35.5. The Balaban J connectivity index is 1.69. The van der Waals surface area contributed by atoms with Crippen LogP contribution in [-0.2, 0) is 6.61 Å². The van der Waals surface area contributed by atoms with Crippen molar-refractivity contribution in [3.63, 3.8) is 0 Å². The lowest BCUT2D eigenvalue weighted by molar-refractivity contribution is 0.306. The summed E-state index contributed by atoms with van der Waals surface area (Å²) < 4.78 is 5.76. The van der Waals surface area contributed by atoms with Crippen molar-refractivity contribution >= 4 is 35.1 Å². The Kier molecular flexibility index (Phi) is 5.52. The zero-order chi connectivity index (χ0) is 16.8. The Bertz CT molecular complexity index is 847. The summed E-state index contributed by atoms with van der Waals surface area (Å²) in [6, 6.07) is 22.9. The first-order valence-corrected chi connectivity index (χ1v) is 8.23. The van der Waals surface area contributed by atoms with Crippen LogP contribution in [0.2, 0.25) is 10.0 Å². The summed E-state index contributed by atoms with van der Waals surface area (Å²) in [7, 11) is 0. The lowest BCUT2D eigenvalue weighted by Gasteiger charge is -2.09. The van der Waals surface area contributed by atoms with E-state index in [1.54, 1.807) is 6.21 Å². The fourth-order valence-corrected chi connectivity index (χ4v) is 2.58. The van der Waals surface area contributed by atoms with Gasteiger partial charge in [0.15, 0.2) is 0 Å². The molecule has 0 fully saturated rings. The molecule has 0 heterocycles. The molecule has 120 valence electrons. The van der Waals surface area contributed by atoms with Gasteiger partial charge in [0.2, 0.25) is 0 Å². The van der Waals surface area contributed by atoms with E-state index in [-0.39, 0.29) is 0 Å². The second kappa shape index (κ2) is 8.00. The van der Waals surface area contributed by atoms with Gasteiger partial charge in [-0.05, 0) is 42.0 Å². The fraction of sp³-hybridized carbons (Fsp3) is 0.0500. The summed E-state index contributed by atoms with van der Waals surface area (Å²) in [5.41, 5.74) is 2.73. The summed E-state index contributed by atoms with van der Waals surface area (Å²) in [5.74, 6) is 0.619. The van der Waals surface area contributed by atoms with Gasteiger partial charge in [-0.1, -0.05) is 59.6 Å². The zero-order valence-electron chi connectivity index (χ0n) is 12.8. The normalized spacial score (nSPS) is 10.9.